The second-order valence-electron chi connectivity index (χ2n) is 7.59. The molecule has 0 aromatic heterocycles. The van der Waals surface area contributed by atoms with E-state index in [4.69, 9.17) is 14.2 Å². The molecule has 0 aliphatic rings. The van der Waals surface area contributed by atoms with Gasteiger partial charge in [-0.1, -0.05) is 24.3 Å². The molecule has 0 fully saturated rings. The van der Waals surface area contributed by atoms with Crippen LogP contribution in [0.2, 0.25) is 0 Å². The highest BCUT2D eigenvalue weighted by Crippen LogP contribution is 2.24. The van der Waals surface area contributed by atoms with Crippen LogP contribution >= 0.6 is 0 Å². The van der Waals surface area contributed by atoms with Gasteiger partial charge in [0, 0.05) is 11.8 Å². The van der Waals surface area contributed by atoms with Crippen LogP contribution in [0.4, 0.5) is 11.4 Å². The van der Waals surface area contributed by atoms with E-state index in [9.17, 15) is 13.2 Å². The standard InChI is InChI=1S/C27H24N2O6S/c1-33-25-9-5-6-21(18-25)29-36(31,32)26-16-14-22(15-17-26)34-19-27(30)28-20-10-12-24(13-11-20)35-23-7-3-2-4-8-23/h2-18,29H,19H2,1H3,(H,28,30). The molecule has 4 rings (SSSR count). The van der Waals surface area contributed by atoms with Crippen molar-refractivity contribution in [2.45, 2.75) is 4.90 Å². The van der Waals surface area contributed by atoms with Crippen LogP contribution in [0.25, 0.3) is 0 Å². The van der Waals surface area contributed by atoms with Gasteiger partial charge in [-0.25, -0.2) is 8.42 Å². The number of anilines is 2. The molecule has 0 radical (unpaired) electrons. The van der Waals surface area contributed by atoms with Gasteiger partial charge in [-0.05, 0) is 72.8 Å². The number of hydrogen-bond donors (Lipinski definition) is 2. The minimum absolute atomic E-state index is 0.0555. The van der Waals surface area contributed by atoms with Gasteiger partial charge in [-0.15, -0.1) is 0 Å². The molecule has 2 N–H and O–H groups in total. The van der Waals surface area contributed by atoms with E-state index in [1.54, 1.807) is 48.5 Å². The average molecular weight is 505 g/mol. The van der Waals surface area contributed by atoms with Crippen molar-refractivity contribution in [2.24, 2.45) is 0 Å². The molecule has 0 saturated heterocycles. The van der Waals surface area contributed by atoms with Crippen molar-refractivity contribution in [3.63, 3.8) is 0 Å². The first kappa shape index (κ1) is 24.6. The van der Waals surface area contributed by atoms with Crippen molar-refractivity contribution in [3.8, 4) is 23.0 Å². The van der Waals surface area contributed by atoms with Gasteiger partial charge in [0.05, 0.1) is 17.7 Å². The van der Waals surface area contributed by atoms with Gasteiger partial charge in [0.2, 0.25) is 0 Å². The lowest BCUT2D eigenvalue weighted by molar-refractivity contribution is -0.118. The van der Waals surface area contributed by atoms with Gasteiger partial charge in [-0.2, -0.15) is 0 Å². The fraction of sp³-hybridized carbons (Fsp3) is 0.0741. The Hall–Kier alpha value is -4.50. The van der Waals surface area contributed by atoms with Crippen LogP contribution in [-0.4, -0.2) is 28.0 Å². The molecule has 36 heavy (non-hydrogen) atoms. The molecule has 0 saturated carbocycles. The van der Waals surface area contributed by atoms with Gasteiger partial charge >= 0.3 is 0 Å². The van der Waals surface area contributed by atoms with Crippen molar-refractivity contribution in [1.29, 1.82) is 0 Å². The smallest absolute Gasteiger partial charge is 0.262 e. The molecule has 8 nitrogen and oxygen atoms in total. The van der Waals surface area contributed by atoms with Crippen molar-refractivity contribution in [3.05, 3.63) is 103 Å². The van der Waals surface area contributed by atoms with Crippen molar-refractivity contribution >= 4 is 27.3 Å². The predicted octanol–water partition coefficient (Wildman–Crippen LogP) is 5.31. The number of rotatable bonds is 10. The number of methoxy groups -OCH3 is 1. The lowest BCUT2D eigenvalue weighted by Gasteiger charge is -2.11. The summed E-state index contributed by atoms with van der Waals surface area (Å²) in [5.41, 5.74) is 0.972. The summed E-state index contributed by atoms with van der Waals surface area (Å²) in [7, 11) is -2.30. The Morgan fingerprint density at radius 1 is 0.722 bits per heavy atom. The number of sulfonamides is 1. The Labute approximate surface area is 209 Å². The second-order valence-corrected chi connectivity index (χ2v) is 9.27. The molecular formula is C27H24N2O6S. The highest BCUT2D eigenvalue weighted by Gasteiger charge is 2.15. The molecule has 0 heterocycles. The zero-order valence-corrected chi connectivity index (χ0v) is 20.2. The summed E-state index contributed by atoms with van der Waals surface area (Å²) in [6.07, 6.45) is 0. The Morgan fingerprint density at radius 2 is 1.36 bits per heavy atom. The van der Waals surface area contributed by atoms with E-state index in [-0.39, 0.29) is 17.4 Å². The van der Waals surface area contributed by atoms with Gasteiger partial charge in [0.1, 0.15) is 23.0 Å². The molecule has 0 aliphatic carbocycles. The monoisotopic (exact) mass is 504 g/mol. The van der Waals surface area contributed by atoms with Crippen LogP contribution in [0.3, 0.4) is 0 Å². The Balaban J connectivity index is 1.28. The molecule has 0 atom stereocenters. The predicted molar refractivity (Wildman–Crippen MR) is 137 cm³/mol. The van der Waals surface area contributed by atoms with E-state index in [2.05, 4.69) is 10.0 Å². The largest absolute Gasteiger partial charge is 0.497 e. The van der Waals surface area contributed by atoms with Crippen LogP contribution in [0.15, 0.2) is 108 Å². The summed E-state index contributed by atoms with van der Waals surface area (Å²) in [5.74, 6) is 1.90. The van der Waals surface area contributed by atoms with E-state index in [0.717, 1.165) is 5.75 Å². The number of hydrogen-bond acceptors (Lipinski definition) is 6. The molecule has 1 amide bonds. The summed E-state index contributed by atoms with van der Waals surface area (Å²) in [4.78, 5) is 12.3. The molecule has 0 spiro atoms. The third kappa shape index (κ3) is 6.77. The molecular weight excluding hydrogens is 480 g/mol. The molecule has 0 bridgehead atoms. The van der Waals surface area contributed by atoms with Gasteiger partial charge in [0.15, 0.2) is 6.61 Å². The number of carbonyl (C=O) groups is 1. The SMILES string of the molecule is COc1cccc(NS(=O)(=O)c2ccc(OCC(=O)Nc3ccc(Oc4ccccc4)cc3)cc2)c1. The first-order valence-electron chi connectivity index (χ1n) is 10.9. The lowest BCUT2D eigenvalue weighted by Crippen LogP contribution is -2.20. The first-order valence-corrected chi connectivity index (χ1v) is 12.4. The third-order valence-corrected chi connectivity index (χ3v) is 6.34. The quantitative estimate of drug-likeness (QED) is 0.304. The number of para-hydroxylation sites is 1. The molecule has 4 aromatic rings. The molecule has 0 unspecified atom stereocenters. The zero-order valence-electron chi connectivity index (χ0n) is 19.4. The highest BCUT2D eigenvalue weighted by atomic mass is 32.2. The number of nitrogens with one attached hydrogen (secondary N) is 2. The average Bonchev–Trinajstić information content (AvgIpc) is 2.89. The third-order valence-electron chi connectivity index (χ3n) is 4.94. The van der Waals surface area contributed by atoms with Crippen LogP contribution in [-0.2, 0) is 14.8 Å². The van der Waals surface area contributed by atoms with E-state index in [1.807, 2.05) is 30.3 Å². The van der Waals surface area contributed by atoms with Crippen molar-refractivity contribution in [1.82, 2.24) is 0 Å². The Morgan fingerprint density at radius 3 is 2.06 bits per heavy atom. The van der Waals surface area contributed by atoms with Crippen LogP contribution in [0.1, 0.15) is 0 Å². The van der Waals surface area contributed by atoms with Crippen molar-refractivity contribution in [2.75, 3.05) is 23.8 Å². The maximum absolute atomic E-state index is 12.6. The van der Waals surface area contributed by atoms with Gasteiger partial charge in [-0.3, -0.25) is 9.52 Å². The highest BCUT2D eigenvalue weighted by molar-refractivity contribution is 7.92. The summed E-state index contributed by atoms with van der Waals surface area (Å²) in [6.45, 7) is -0.240. The number of ether oxygens (including phenoxy) is 3. The number of carbonyl (C=O) groups excluding carboxylic acids is 1. The van der Waals surface area contributed by atoms with Crippen molar-refractivity contribution < 1.29 is 27.4 Å². The Bertz CT molecular complexity index is 1410. The van der Waals surface area contributed by atoms with E-state index in [0.29, 0.717) is 28.6 Å². The normalized spacial score (nSPS) is 10.8. The van der Waals surface area contributed by atoms with Crippen LogP contribution in [0.5, 0.6) is 23.0 Å². The summed E-state index contributed by atoms with van der Waals surface area (Å²) in [6, 6.07) is 28.7. The van der Waals surface area contributed by atoms with Gasteiger partial charge < -0.3 is 19.5 Å². The fourth-order valence-corrected chi connectivity index (χ4v) is 4.24. The maximum atomic E-state index is 12.6. The van der Waals surface area contributed by atoms with Crippen LogP contribution in [0, 0.1) is 0 Å². The van der Waals surface area contributed by atoms with E-state index < -0.39 is 10.0 Å². The first-order chi connectivity index (χ1) is 17.4. The maximum Gasteiger partial charge on any atom is 0.262 e. The second kappa shape index (κ2) is 11.3. The molecule has 4 aromatic carbocycles. The number of amides is 1. The summed E-state index contributed by atoms with van der Waals surface area (Å²) < 4.78 is 44.1. The Kier molecular flexibility index (Phi) is 7.72. The lowest BCUT2D eigenvalue weighted by atomic mass is 10.3. The minimum Gasteiger partial charge on any atom is -0.497 e. The van der Waals surface area contributed by atoms with Gasteiger partial charge in [0.25, 0.3) is 15.9 Å². The number of benzene rings is 4. The zero-order chi connectivity index (χ0) is 25.4. The minimum atomic E-state index is -3.80. The molecule has 9 heteroatoms. The van der Waals surface area contributed by atoms with E-state index in [1.165, 1.54) is 31.4 Å². The molecule has 184 valence electrons. The van der Waals surface area contributed by atoms with Crippen LogP contribution < -0.4 is 24.2 Å². The summed E-state index contributed by atoms with van der Waals surface area (Å²) in [5, 5.41) is 2.74. The topological polar surface area (TPSA) is 103 Å². The summed E-state index contributed by atoms with van der Waals surface area (Å²) >= 11 is 0. The fourth-order valence-electron chi connectivity index (χ4n) is 3.19. The van der Waals surface area contributed by atoms with E-state index >= 15 is 0 Å². The molecule has 0 aliphatic heterocycles.